The molecule has 0 aliphatic rings. The molecule has 0 aromatic carbocycles. The molecular formula is C7H18N2. The van der Waals surface area contributed by atoms with Crippen molar-refractivity contribution in [2.24, 2.45) is 0 Å². The minimum Gasteiger partial charge on any atom is -0.255 e. The molecule has 0 rings (SSSR count). The van der Waals surface area contributed by atoms with Crippen LogP contribution in [-0.4, -0.2) is 25.1 Å². The van der Waals surface area contributed by atoms with Crippen LogP contribution >= 0.6 is 0 Å². The van der Waals surface area contributed by atoms with Crippen LogP contribution in [0.25, 0.3) is 0 Å². The fraction of sp³-hybridized carbons (Fsp3) is 1.00. The van der Waals surface area contributed by atoms with Gasteiger partial charge in [-0.2, -0.15) is 0 Å². The molecule has 0 aromatic heterocycles. The highest BCUT2D eigenvalue weighted by Gasteiger charge is 1.90. The predicted molar refractivity (Wildman–Crippen MR) is 41.2 cm³/mol. The van der Waals surface area contributed by atoms with Gasteiger partial charge in [-0.05, 0) is 12.8 Å². The number of hydrogen-bond donors (Lipinski definition) is 1. The first-order valence-electron chi connectivity index (χ1n) is 3.75. The van der Waals surface area contributed by atoms with Crippen LogP contribution in [0.4, 0.5) is 0 Å². The first kappa shape index (κ1) is 8.92. The largest absolute Gasteiger partial charge is 0.255 e. The molecule has 0 heterocycles. The molecule has 0 spiro atoms. The van der Waals surface area contributed by atoms with Gasteiger partial charge in [0.25, 0.3) is 0 Å². The summed E-state index contributed by atoms with van der Waals surface area (Å²) in [4.78, 5) is 0. The minimum absolute atomic E-state index is 1.09. The van der Waals surface area contributed by atoms with E-state index in [4.69, 9.17) is 0 Å². The molecule has 2 nitrogen and oxygen atoms in total. The van der Waals surface area contributed by atoms with Gasteiger partial charge in [0.15, 0.2) is 0 Å². The molecule has 0 aromatic rings. The van der Waals surface area contributed by atoms with Crippen LogP contribution in [-0.2, 0) is 0 Å². The highest BCUT2D eigenvalue weighted by molar-refractivity contribution is 4.41. The molecule has 0 radical (unpaired) electrons. The Morgan fingerprint density at radius 1 is 1.22 bits per heavy atom. The fourth-order valence-electron chi connectivity index (χ4n) is 0.717. The van der Waals surface area contributed by atoms with E-state index in [-0.39, 0.29) is 0 Å². The Kier molecular flexibility index (Phi) is 5.99. The first-order chi connectivity index (χ1) is 4.31. The van der Waals surface area contributed by atoms with E-state index in [9.17, 15) is 0 Å². The van der Waals surface area contributed by atoms with Gasteiger partial charge >= 0.3 is 0 Å². The second kappa shape index (κ2) is 6.05. The Morgan fingerprint density at radius 3 is 2.33 bits per heavy atom. The highest BCUT2D eigenvalue weighted by Crippen LogP contribution is 1.80. The van der Waals surface area contributed by atoms with Crippen LogP contribution in [0.3, 0.4) is 0 Å². The maximum absolute atomic E-state index is 3.27. The quantitative estimate of drug-likeness (QED) is 0.563. The van der Waals surface area contributed by atoms with Crippen LogP contribution in [0.15, 0.2) is 0 Å². The summed E-state index contributed by atoms with van der Waals surface area (Å²) in [7, 11) is 2.08. The van der Waals surface area contributed by atoms with Gasteiger partial charge in [-0.15, -0.1) is 0 Å². The zero-order valence-electron chi connectivity index (χ0n) is 6.78. The predicted octanol–water partition coefficient (Wildman–Crippen LogP) is 1.24. The van der Waals surface area contributed by atoms with Crippen LogP contribution in [0.2, 0.25) is 0 Å². The zero-order valence-corrected chi connectivity index (χ0v) is 6.78. The Labute approximate surface area is 58.2 Å². The van der Waals surface area contributed by atoms with Crippen molar-refractivity contribution in [3.05, 3.63) is 0 Å². The third kappa shape index (κ3) is 5.80. The van der Waals surface area contributed by atoms with Gasteiger partial charge in [0.05, 0.1) is 0 Å². The lowest BCUT2D eigenvalue weighted by Gasteiger charge is -2.15. The van der Waals surface area contributed by atoms with Gasteiger partial charge in [0.1, 0.15) is 0 Å². The third-order valence-electron chi connectivity index (χ3n) is 1.19. The van der Waals surface area contributed by atoms with Crippen molar-refractivity contribution in [2.75, 3.05) is 20.1 Å². The summed E-state index contributed by atoms with van der Waals surface area (Å²) in [6, 6.07) is 0. The number of hydrogen-bond acceptors (Lipinski definition) is 2. The maximum atomic E-state index is 3.27. The molecule has 0 saturated carbocycles. The number of nitrogens with one attached hydrogen (secondary N) is 1. The summed E-state index contributed by atoms with van der Waals surface area (Å²) >= 11 is 0. The zero-order chi connectivity index (χ0) is 7.11. The van der Waals surface area contributed by atoms with Crippen molar-refractivity contribution in [3.63, 3.8) is 0 Å². The molecule has 9 heavy (non-hydrogen) atoms. The van der Waals surface area contributed by atoms with Crippen molar-refractivity contribution in [1.82, 2.24) is 10.4 Å². The highest BCUT2D eigenvalue weighted by atomic mass is 15.5. The van der Waals surface area contributed by atoms with Crippen molar-refractivity contribution in [2.45, 2.75) is 26.7 Å². The Balaban J connectivity index is 2.95. The summed E-state index contributed by atoms with van der Waals surface area (Å²) < 4.78 is 0. The molecular weight excluding hydrogens is 112 g/mol. The second-order valence-electron chi connectivity index (χ2n) is 2.33. The van der Waals surface area contributed by atoms with Crippen LogP contribution in [0.1, 0.15) is 26.7 Å². The summed E-state index contributed by atoms with van der Waals surface area (Å²) in [5, 5.41) is 2.14. The van der Waals surface area contributed by atoms with E-state index in [1.807, 2.05) is 0 Å². The van der Waals surface area contributed by atoms with E-state index in [1.54, 1.807) is 0 Å². The molecule has 0 bridgehead atoms. The molecule has 0 amide bonds. The minimum atomic E-state index is 1.09. The lowest BCUT2D eigenvalue weighted by atomic mass is 10.5. The van der Waals surface area contributed by atoms with E-state index in [0.717, 1.165) is 13.1 Å². The van der Waals surface area contributed by atoms with Crippen LogP contribution in [0.5, 0.6) is 0 Å². The second-order valence-corrected chi connectivity index (χ2v) is 2.33. The van der Waals surface area contributed by atoms with Crippen molar-refractivity contribution >= 4 is 0 Å². The number of hydrazine groups is 1. The average Bonchev–Trinajstić information content (AvgIpc) is 1.85. The normalized spacial score (nSPS) is 10.7. The lowest BCUT2D eigenvalue weighted by Crippen LogP contribution is -2.35. The lowest BCUT2D eigenvalue weighted by molar-refractivity contribution is 0.236. The summed E-state index contributed by atoms with van der Waals surface area (Å²) in [5.41, 5.74) is 3.27. The molecule has 0 aliphatic heterocycles. The number of rotatable bonds is 5. The van der Waals surface area contributed by atoms with Crippen molar-refractivity contribution in [1.29, 1.82) is 0 Å². The standard InChI is InChI=1S/C7H18N2/c1-4-6-8-9(3)7-5-2/h8H,4-7H2,1-3H3. The van der Waals surface area contributed by atoms with Gasteiger partial charge in [-0.1, -0.05) is 13.8 Å². The number of nitrogens with zero attached hydrogens (tertiary/aromatic N) is 1. The first-order valence-corrected chi connectivity index (χ1v) is 3.75. The summed E-state index contributed by atoms with van der Waals surface area (Å²) in [5.74, 6) is 0. The van der Waals surface area contributed by atoms with Crippen LogP contribution in [0, 0.1) is 0 Å². The SMILES string of the molecule is CCCNN(C)CCC. The monoisotopic (exact) mass is 130 g/mol. The molecule has 0 unspecified atom stereocenters. The van der Waals surface area contributed by atoms with E-state index in [1.165, 1.54) is 12.8 Å². The third-order valence-corrected chi connectivity index (χ3v) is 1.19. The summed E-state index contributed by atoms with van der Waals surface area (Å²) in [6.45, 7) is 6.59. The molecule has 0 aliphatic carbocycles. The fourth-order valence-corrected chi connectivity index (χ4v) is 0.717. The van der Waals surface area contributed by atoms with Crippen LogP contribution < -0.4 is 5.43 Å². The molecule has 0 saturated heterocycles. The molecule has 0 fully saturated rings. The molecule has 56 valence electrons. The van der Waals surface area contributed by atoms with E-state index >= 15 is 0 Å². The molecule has 2 heteroatoms. The van der Waals surface area contributed by atoms with E-state index < -0.39 is 0 Å². The van der Waals surface area contributed by atoms with Gasteiger partial charge in [0, 0.05) is 20.1 Å². The Hall–Kier alpha value is -0.0800. The maximum Gasteiger partial charge on any atom is 0.0125 e. The van der Waals surface area contributed by atoms with E-state index in [0.29, 0.717) is 0 Å². The van der Waals surface area contributed by atoms with Gasteiger partial charge < -0.3 is 0 Å². The van der Waals surface area contributed by atoms with Crippen molar-refractivity contribution < 1.29 is 0 Å². The molecule has 0 atom stereocenters. The molecule has 1 N–H and O–H groups in total. The smallest absolute Gasteiger partial charge is 0.0125 e. The average molecular weight is 130 g/mol. The van der Waals surface area contributed by atoms with E-state index in [2.05, 4.69) is 31.3 Å². The van der Waals surface area contributed by atoms with Gasteiger partial charge in [-0.3, -0.25) is 5.43 Å². The Bertz CT molecular complexity index is 54.9. The summed E-state index contributed by atoms with van der Waals surface area (Å²) in [6.07, 6.45) is 2.42. The topological polar surface area (TPSA) is 15.3 Å². The van der Waals surface area contributed by atoms with Gasteiger partial charge in [0.2, 0.25) is 0 Å². The van der Waals surface area contributed by atoms with Crippen molar-refractivity contribution in [3.8, 4) is 0 Å². The van der Waals surface area contributed by atoms with Gasteiger partial charge in [-0.25, -0.2) is 5.01 Å². The Morgan fingerprint density at radius 2 is 1.89 bits per heavy atom.